The molecule has 0 spiro atoms. The highest BCUT2D eigenvalue weighted by Crippen LogP contribution is 2.24. The quantitative estimate of drug-likeness (QED) is 0.818. The summed E-state index contributed by atoms with van der Waals surface area (Å²) in [5.74, 6) is 0.934. The van der Waals surface area contributed by atoms with E-state index in [1.165, 1.54) is 0 Å². The maximum Gasteiger partial charge on any atom is 0.222 e. The Hall–Kier alpha value is -2.43. The molecular formula is C19H25N3O2. The van der Waals surface area contributed by atoms with Gasteiger partial charge < -0.3 is 9.64 Å². The molecule has 0 aliphatic heterocycles. The summed E-state index contributed by atoms with van der Waals surface area (Å²) in [7, 11) is 3.47. The molecule has 2 aromatic rings. The van der Waals surface area contributed by atoms with Crippen molar-refractivity contribution < 1.29 is 9.53 Å². The molecule has 0 aliphatic carbocycles. The molecule has 0 saturated heterocycles. The SMILES string of the molecule is COc1c(C)cnc(CN(C)C(=O)CCc2cncc(C)c2)c1C. The Morgan fingerprint density at radius 2 is 1.96 bits per heavy atom. The lowest BCUT2D eigenvalue weighted by atomic mass is 10.1. The van der Waals surface area contributed by atoms with E-state index in [1.807, 2.05) is 40.2 Å². The van der Waals surface area contributed by atoms with Crippen LogP contribution in [0.15, 0.2) is 24.7 Å². The van der Waals surface area contributed by atoms with Gasteiger partial charge >= 0.3 is 0 Å². The van der Waals surface area contributed by atoms with Gasteiger partial charge in [-0.2, -0.15) is 0 Å². The molecule has 0 bridgehead atoms. The van der Waals surface area contributed by atoms with Gasteiger partial charge in [0.1, 0.15) is 5.75 Å². The van der Waals surface area contributed by atoms with E-state index in [4.69, 9.17) is 4.74 Å². The van der Waals surface area contributed by atoms with Gasteiger partial charge in [0.05, 0.1) is 19.3 Å². The van der Waals surface area contributed by atoms with E-state index in [2.05, 4.69) is 16.0 Å². The van der Waals surface area contributed by atoms with E-state index >= 15 is 0 Å². The second kappa shape index (κ2) is 7.90. The van der Waals surface area contributed by atoms with Crippen molar-refractivity contribution in [1.82, 2.24) is 14.9 Å². The number of carbonyl (C=O) groups excluding carboxylic acids is 1. The molecule has 0 aromatic carbocycles. The Balaban J connectivity index is 1.99. The summed E-state index contributed by atoms with van der Waals surface area (Å²) in [6.45, 7) is 6.43. The van der Waals surface area contributed by atoms with E-state index < -0.39 is 0 Å². The van der Waals surface area contributed by atoms with Crippen LogP contribution in [-0.2, 0) is 17.8 Å². The standard InChI is InChI=1S/C19H25N3O2/c1-13-8-16(11-20-9-13)6-7-18(23)22(4)12-17-15(3)19(24-5)14(2)10-21-17/h8-11H,6-7,12H2,1-5H3. The summed E-state index contributed by atoms with van der Waals surface area (Å²) >= 11 is 0. The minimum Gasteiger partial charge on any atom is -0.496 e. The fourth-order valence-corrected chi connectivity index (χ4v) is 2.74. The molecule has 2 rings (SSSR count). The maximum absolute atomic E-state index is 12.4. The summed E-state index contributed by atoms with van der Waals surface area (Å²) in [5.41, 5.74) is 5.05. The molecule has 0 N–H and O–H groups in total. The zero-order valence-corrected chi connectivity index (χ0v) is 15.1. The second-order valence-corrected chi connectivity index (χ2v) is 6.17. The molecule has 0 saturated carbocycles. The first kappa shape index (κ1) is 17.9. The van der Waals surface area contributed by atoms with Gasteiger partial charge in [-0.3, -0.25) is 14.8 Å². The van der Waals surface area contributed by atoms with Crippen molar-refractivity contribution in [3.05, 3.63) is 52.6 Å². The molecule has 0 atom stereocenters. The number of methoxy groups -OCH3 is 1. The predicted molar refractivity (Wildman–Crippen MR) is 94.0 cm³/mol. The first-order valence-corrected chi connectivity index (χ1v) is 8.06. The molecule has 0 radical (unpaired) electrons. The molecule has 5 heteroatoms. The smallest absolute Gasteiger partial charge is 0.222 e. The fraction of sp³-hybridized carbons (Fsp3) is 0.421. The second-order valence-electron chi connectivity index (χ2n) is 6.17. The van der Waals surface area contributed by atoms with Crippen molar-refractivity contribution >= 4 is 5.91 Å². The van der Waals surface area contributed by atoms with Crippen molar-refractivity contribution in [3.63, 3.8) is 0 Å². The van der Waals surface area contributed by atoms with Gasteiger partial charge in [0.15, 0.2) is 0 Å². The third kappa shape index (κ3) is 4.31. The van der Waals surface area contributed by atoms with Gasteiger partial charge in [-0.05, 0) is 38.3 Å². The number of rotatable bonds is 6. The number of nitrogens with zero attached hydrogens (tertiary/aromatic N) is 3. The van der Waals surface area contributed by atoms with Gasteiger partial charge in [-0.15, -0.1) is 0 Å². The number of pyridine rings is 2. The lowest BCUT2D eigenvalue weighted by Crippen LogP contribution is -2.27. The van der Waals surface area contributed by atoms with Crippen LogP contribution in [0.4, 0.5) is 0 Å². The molecule has 0 aliphatic rings. The van der Waals surface area contributed by atoms with E-state index in [-0.39, 0.29) is 5.91 Å². The molecule has 128 valence electrons. The van der Waals surface area contributed by atoms with Crippen LogP contribution in [0.25, 0.3) is 0 Å². The van der Waals surface area contributed by atoms with Crippen molar-refractivity contribution in [3.8, 4) is 5.75 Å². The third-order valence-electron chi connectivity index (χ3n) is 4.12. The van der Waals surface area contributed by atoms with Gasteiger partial charge in [-0.25, -0.2) is 0 Å². The lowest BCUT2D eigenvalue weighted by molar-refractivity contribution is -0.130. The van der Waals surface area contributed by atoms with Crippen LogP contribution in [0.1, 0.15) is 34.4 Å². The number of aryl methyl sites for hydroxylation is 3. The number of carbonyl (C=O) groups is 1. The van der Waals surface area contributed by atoms with Gasteiger partial charge in [0.2, 0.25) is 5.91 Å². The summed E-state index contributed by atoms with van der Waals surface area (Å²) in [6, 6.07) is 2.07. The summed E-state index contributed by atoms with van der Waals surface area (Å²) in [4.78, 5) is 22.7. The minimum atomic E-state index is 0.0947. The average Bonchev–Trinajstić information content (AvgIpc) is 2.55. The number of ether oxygens (including phenoxy) is 1. The number of hydrogen-bond donors (Lipinski definition) is 0. The summed E-state index contributed by atoms with van der Waals surface area (Å²) < 4.78 is 5.42. The van der Waals surface area contributed by atoms with Gasteiger partial charge in [0, 0.05) is 43.2 Å². The van der Waals surface area contributed by atoms with Gasteiger partial charge in [-0.1, -0.05) is 6.07 Å². The topological polar surface area (TPSA) is 55.3 Å². The molecule has 5 nitrogen and oxygen atoms in total. The molecule has 0 unspecified atom stereocenters. The first-order valence-electron chi connectivity index (χ1n) is 8.06. The summed E-state index contributed by atoms with van der Waals surface area (Å²) in [5, 5.41) is 0. The highest BCUT2D eigenvalue weighted by molar-refractivity contribution is 5.76. The highest BCUT2D eigenvalue weighted by Gasteiger charge is 2.15. The van der Waals surface area contributed by atoms with Crippen LogP contribution in [-0.4, -0.2) is 34.9 Å². The number of amides is 1. The van der Waals surface area contributed by atoms with Crippen LogP contribution in [0.3, 0.4) is 0 Å². The summed E-state index contributed by atoms with van der Waals surface area (Å²) in [6.07, 6.45) is 6.58. The van der Waals surface area contributed by atoms with Crippen molar-refractivity contribution in [1.29, 1.82) is 0 Å². The monoisotopic (exact) mass is 327 g/mol. The average molecular weight is 327 g/mol. The zero-order valence-electron chi connectivity index (χ0n) is 15.1. The number of hydrogen-bond acceptors (Lipinski definition) is 4. The van der Waals surface area contributed by atoms with E-state index in [1.54, 1.807) is 18.2 Å². The Labute approximate surface area is 143 Å². The normalized spacial score (nSPS) is 10.5. The number of aromatic nitrogens is 2. The molecule has 1 amide bonds. The highest BCUT2D eigenvalue weighted by atomic mass is 16.5. The maximum atomic E-state index is 12.4. The van der Waals surface area contributed by atoms with E-state index in [0.29, 0.717) is 19.4 Å². The Kier molecular flexibility index (Phi) is 5.90. The van der Waals surface area contributed by atoms with E-state index in [9.17, 15) is 4.79 Å². The van der Waals surface area contributed by atoms with Gasteiger partial charge in [0.25, 0.3) is 0 Å². The Bertz CT molecular complexity index is 729. The van der Waals surface area contributed by atoms with Crippen LogP contribution in [0, 0.1) is 20.8 Å². The van der Waals surface area contributed by atoms with Crippen molar-refractivity contribution in [2.45, 2.75) is 40.2 Å². The largest absolute Gasteiger partial charge is 0.496 e. The minimum absolute atomic E-state index is 0.0947. The lowest BCUT2D eigenvalue weighted by Gasteiger charge is -2.19. The van der Waals surface area contributed by atoms with Crippen LogP contribution >= 0.6 is 0 Å². The Morgan fingerprint density at radius 3 is 2.62 bits per heavy atom. The van der Waals surface area contributed by atoms with Crippen molar-refractivity contribution in [2.24, 2.45) is 0 Å². The zero-order chi connectivity index (χ0) is 17.7. The van der Waals surface area contributed by atoms with Crippen LogP contribution in [0.2, 0.25) is 0 Å². The van der Waals surface area contributed by atoms with Crippen LogP contribution < -0.4 is 4.74 Å². The predicted octanol–water partition coefficient (Wildman–Crippen LogP) is 3.00. The molecule has 2 aromatic heterocycles. The fourth-order valence-electron chi connectivity index (χ4n) is 2.74. The molecule has 0 fully saturated rings. The molecule has 24 heavy (non-hydrogen) atoms. The van der Waals surface area contributed by atoms with Crippen LogP contribution in [0.5, 0.6) is 5.75 Å². The van der Waals surface area contributed by atoms with E-state index in [0.717, 1.165) is 33.7 Å². The van der Waals surface area contributed by atoms with Crippen molar-refractivity contribution in [2.75, 3.05) is 14.2 Å². The Morgan fingerprint density at radius 1 is 1.21 bits per heavy atom. The molecular weight excluding hydrogens is 302 g/mol. The first-order chi connectivity index (χ1) is 11.4. The third-order valence-corrected chi connectivity index (χ3v) is 4.12. The molecule has 2 heterocycles.